The summed E-state index contributed by atoms with van der Waals surface area (Å²) >= 11 is 0. The number of rotatable bonds is 5. The number of amides is 1. The number of carbonyl (C=O) groups excluding carboxylic acids is 1. The van der Waals surface area contributed by atoms with Gasteiger partial charge < -0.3 is 5.32 Å². The zero-order chi connectivity index (χ0) is 13.0. The molecule has 0 saturated heterocycles. The van der Waals surface area contributed by atoms with E-state index in [1.165, 1.54) is 0 Å². The van der Waals surface area contributed by atoms with E-state index in [9.17, 15) is 4.79 Å². The normalized spacial score (nSPS) is 10.8. The number of aromatic nitrogens is 3. The Hall–Kier alpha value is -1.91. The second-order valence-electron chi connectivity index (χ2n) is 4.36. The van der Waals surface area contributed by atoms with Gasteiger partial charge in [0.2, 0.25) is 0 Å². The minimum Gasteiger partial charge on any atom is -0.352 e. The summed E-state index contributed by atoms with van der Waals surface area (Å²) in [5, 5.41) is 7.02. The number of nitrogens with zero attached hydrogens (tertiary/aromatic N) is 3. The molecule has 5 heteroatoms. The van der Waals surface area contributed by atoms with Gasteiger partial charge in [0.15, 0.2) is 5.65 Å². The molecular weight excluding hydrogens is 228 g/mol. The summed E-state index contributed by atoms with van der Waals surface area (Å²) in [6.07, 6.45) is 6.66. The molecule has 2 aromatic rings. The van der Waals surface area contributed by atoms with E-state index in [-0.39, 0.29) is 5.91 Å². The molecule has 1 amide bonds. The van der Waals surface area contributed by atoms with Gasteiger partial charge in [0.05, 0.1) is 6.20 Å². The van der Waals surface area contributed by atoms with E-state index in [1.807, 2.05) is 19.2 Å². The van der Waals surface area contributed by atoms with E-state index in [1.54, 1.807) is 10.7 Å². The topological polar surface area (TPSA) is 59.3 Å². The van der Waals surface area contributed by atoms with Crippen LogP contribution in [0, 0.1) is 6.92 Å². The highest BCUT2D eigenvalue weighted by Gasteiger charge is 2.13. The molecule has 0 unspecified atom stereocenters. The molecule has 0 radical (unpaired) electrons. The maximum absolute atomic E-state index is 12.0. The maximum Gasteiger partial charge on any atom is 0.256 e. The zero-order valence-electron chi connectivity index (χ0n) is 10.8. The lowest BCUT2D eigenvalue weighted by Gasteiger charge is -2.03. The van der Waals surface area contributed by atoms with Crippen LogP contribution >= 0.6 is 0 Å². The molecule has 2 heterocycles. The molecule has 5 nitrogen and oxygen atoms in total. The Morgan fingerprint density at radius 3 is 3.06 bits per heavy atom. The van der Waals surface area contributed by atoms with Crippen molar-refractivity contribution in [1.29, 1.82) is 0 Å². The molecule has 0 fully saturated rings. The van der Waals surface area contributed by atoms with E-state index in [0.717, 1.165) is 25.0 Å². The minimum absolute atomic E-state index is 0.0980. The third-order valence-corrected chi connectivity index (χ3v) is 2.82. The van der Waals surface area contributed by atoms with Crippen LogP contribution in [0.25, 0.3) is 5.65 Å². The zero-order valence-corrected chi connectivity index (χ0v) is 10.8. The fraction of sp³-hybridized carbons (Fsp3) is 0.462. The first kappa shape index (κ1) is 12.5. The predicted molar refractivity (Wildman–Crippen MR) is 69.6 cm³/mol. The van der Waals surface area contributed by atoms with Gasteiger partial charge in [-0.1, -0.05) is 19.8 Å². The predicted octanol–water partition coefficient (Wildman–Crippen LogP) is 1.96. The Morgan fingerprint density at radius 2 is 2.28 bits per heavy atom. The second-order valence-corrected chi connectivity index (χ2v) is 4.36. The fourth-order valence-electron chi connectivity index (χ4n) is 1.79. The van der Waals surface area contributed by atoms with Crippen molar-refractivity contribution < 1.29 is 4.79 Å². The van der Waals surface area contributed by atoms with Gasteiger partial charge in [0.25, 0.3) is 5.91 Å². The number of hydrogen-bond acceptors (Lipinski definition) is 3. The number of nitrogens with one attached hydrogen (secondary N) is 1. The summed E-state index contributed by atoms with van der Waals surface area (Å²) < 4.78 is 1.62. The van der Waals surface area contributed by atoms with E-state index in [2.05, 4.69) is 22.3 Å². The van der Waals surface area contributed by atoms with Crippen LogP contribution in [0.3, 0.4) is 0 Å². The lowest BCUT2D eigenvalue weighted by Crippen LogP contribution is -2.24. The molecule has 1 N–H and O–H groups in total. The molecule has 0 atom stereocenters. The van der Waals surface area contributed by atoms with Crippen LogP contribution in [0.5, 0.6) is 0 Å². The van der Waals surface area contributed by atoms with Gasteiger partial charge in [0, 0.05) is 18.4 Å². The smallest absolute Gasteiger partial charge is 0.256 e. The molecule has 0 aliphatic heterocycles. The molecule has 2 rings (SSSR count). The first-order chi connectivity index (χ1) is 8.72. The van der Waals surface area contributed by atoms with Crippen molar-refractivity contribution in [3.05, 3.63) is 29.7 Å². The van der Waals surface area contributed by atoms with Crippen molar-refractivity contribution in [2.24, 2.45) is 0 Å². The largest absolute Gasteiger partial charge is 0.352 e. The molecule has 0 bridgehead atoms. The van der Waals surface area contributed by atoms with Crippen LogP contribution in [0.15, 0.2) is 18.5 Å². The Balaban J connectivity index is 2.10. The number of unbranched alkanes of at least 4 members (excludes halogenated alkanes) is 2. The van der Waals surface area contributed by atoms with E-state index < -0.39 is 0 Å². The Labute approximate surface area is 106 Å². The first-order valence-corrected chi connectivity index (χ1v) is 6.31. The Bertz CT molecular complexity index is 547. The summed E-state index contributed by atoms with van der Waals surface area (Å²) in [4.78, 5) is 16.3. The third kappa shape index (κ3) is 2.67. The lowest BCUT2D eigenvalue weighted by molar-refractivity contribution is 0.0954. The molecule has 0 aromatic carbocycles. The Morgan fingerprint density at radius 1 is 1.44 bits per heavy atom. The quantitative estimate of drug-likeness (QED) is 0.820. The maximum atomic E-state index is 12.0. The summed E-state index contributed by atoms with van der Waals surface area (Å²) in [6, 6.07) is 1.86. The lowest BCUT2D eigenvalue weighted by atomic mass is 10.2. The number of aryl methyl sites for hydroxylation is 1. The molecule has 18 heavy (non-hydrogen) atoms. The average Bonchev–Trinajstić information content (AvgIpc) is 2.77. The van der Waals surface area contributed by atoms with Gasteiger partial charge >= 0.3 is 0 Å². The van der Waals surface area contributed by atoms with Crippen molar-refractivity contribution in [1.82, 2.24) is 19.9 Å². The van der Waals surface area contributed by atoms with Gasteiger partial charge in [-0.2, -0.15) is 5.10 Å². The Kier molecular flexibility index (Phi) is 3.92. The van der Waals surface area contributed by atoms with E-state index in [0.29, 0.717) is 17.8 Å². The molecule has 96 valence electrons. The van der Waals surface area contributed by atoms with Crippen molar-refractivity contribution in [3.63, 3.8) is 0 Å². The van der Waals surface area contributed by atoms with Crippen molar-refractivity contribution in [2.75, 3.05) is 6.54 Å². The summed E-state index contributed by atoms with van der Waals surface area (Å²) in [7, 11) is 0. The van der Waals surface area contributed by atoms with Crippen molar-refractivity contribution >= 4 is 11.6 Å². The van der Waals surface area contributed by atoms with Crippen molar-refractivity contribution in [3.8, 4) is 0 Å². The van der Waals surface area contributed by atoms with Crippen LogP contribution in [0.4, 0.5) is 0 Å². The SMILES string of the molecule is CCCCCNC(=O)c1cnn2ccc(C)nc12. The molecule has 0 aliphatic carbocycles. The summed E-state index contributed by atoms with van der Waals surface area (Å²) in [5.74, 6) is -0.0980. The average molecular weight is 246 g/mol. The molecule has 2 aromatic heterocycles. The highest BCUT2D eigenvalue weighted by Crippen LogP contribution is 2.08. The molecule has 0 spiro atoms. The van der Waals surface area contributed by atoms with Crippen LogP contribution in [0.1, 0.15) is 42.2 Å². The van der Waals surface area contributed by atoms with E-state index >= 15 is 0 Å². The minimum atomic E-state index is -0.0980. The van der Waals surface area contributed by atoms with Crippen LogP contribution in [-0.2, 0) is 0 Å². The van der Waals surface area contributed by atoms with Crippen LogP contribution < -0.4 is 5.32 Å². The molecular formula is C13H18N4O. The van der Waals surface area contributed by atoms with Gasteiger partial charge in [-0.15, -0.1) is 0 Å². The molecule has 0 saturated carbocycles. The highest BCUT2D eigenvalue weighted by atomic mass is 16.1. The van der Waals surface area contributed by atoms with Crippen molar-refractivity contribution in [2.45, 2.75) is 33.1 Å². The first-order valence-electron chi connectivity index (χ1n) is 6.31. The van der Waals surface area contributed by atoms with Gasteiger partial charge in [-0.05, 0) is 19.4 Å². The number of hydrogen-bond donors (Lipinski definition) is 1. The van der Waals surface area contributed by atoms with Gasteiger partial charge in [-0.25, -0.2) is 9.50 Å². The van der Waals surface area contributed by atoms with Gasteiger partial charge in [0.1, 0.15) is 5.56 Å². The van der Waals surface area contributed by atoms with Gasteiger partial charge in [-0.3, -0.25) is 4.79 Å². The van der Waals surface area contributed by atoms with Crippen LogP contribution in [-0.4, -0.2) is 27.0 Å². The standard InChI is InChI=1S/C13H18N4O/c1-3-4-5-7-14-13(18)11-9-15-17-8-6-10(2)16-12(11)17/h6,8-9H,3-5,7H2,1-2H3,(H,14,18). The highest BCUT2D eigenvalue weighted by molar-refractivity contribution is 5.99. The summed E-state index contributed by atoms with van der Waals surface area (Å²) in [6.45, 7) is 4.74. The summed E-state index contributed by atoms with van der Waals surface area (Å²) in [5.41, 5.74) is 2.03. The number of fused-ring (bicyclic) bond motifs is 1. The number of carbonyl (C=O) groups is 1. The monoisotopic (exact) mass is 246 g/mol. The van der Waals surface area contributed by atoms with Crippen LogP contribution in [0.2, 0.25) is 0 Å². The second kappa shape index (κ2) is 5.62. The third-order valence-electron chi connectivity index (χ3n) is 2.82. The molecule has 0 aliphatic rings. The van der Waals surface area contributed by atoms with E-state index in [4.69, 9.17) is 0 Å². The fourth-order valence-corrected chi connectivity index (χ4v) is 1.79.